The minimum atomic E-state index is -0.534. The molecule has 6 rings (SSSR count). The Kier molecular flexibility index (Phi) is 9.16. The molecule has 0 saturated heterocycles. The number of aliphatic hydroxyl groups excluding tert-OH is 1. The lowest BCUT2D eigenvalue weighted by molar-refractivity contribution is 0.0593. The van der Waals surface area contributed by atoms with Crippen LogP contribution < -0.4 is 15.0 Å². The number of rotatable bonds is 9. The predicted octanol–water partition coefficient (Wildman–Crippen LogP) is 5.96. The van der Waals surface area contributed by atoms with Gasteiger partial charge in [0, 0.05) is 28.1 Å². The number of aromatic nitrogens is 4. The van der Waals surface area contributed by atoms with E-state index >= 15 is 0 Å². The molecule has 2 aromatic carbocycles. The summed E-state index contributed by atoms with van der Waals surface area (Å²) in [5.41, 5.74) is 3.70. The van der Waals surface area contributed by atoms with Crippen molar-refractivity contribution in [2.75, 3.05) is 37.1 Å². The third-order valence-electron chi connectivity index (χ3n) is 7.25. The van der Waals surface area contributed by atoms with Gasteiger partial charge < -0.3 is 24.8 Å². The number of para-hydroxylation sites is 1. The number of aryl methyl sites for hydroxylation is 1. The smallest absolute Gasteiger partial charge is 0.357 e. The van der Waals surface area contributed by atoms with Gasteiger partial charge in [0.2, 0.25) is 0 Å². The zero-order valence-corrected chi connectivity index (χ0v) is 26.2. The number of nitrogens with one attached hydrogen (secondary N) is 1. The Bertz CT molecular complexity index is 1900. The summed E-state index contributed by atoms with van der Waals surface area (Å²) in [5.74, 6) is 5.59. The fourth-order valence-corrected chi connectivity index (χ4v) is 7.03. The zero-order chi connectivity index (χ0) is 31.3. The van der Waals surface area contributed by atoms with Gasteiger partial charge in [-0.15, -0.1) is 21.5 Å². The maximum Gasteiger partial charge on any atom is 0.357 e. The molecule has 0 bridgehead atoms. The van der Waals surface area contributed by atoms with Gasteiger partial charge in [0.1, 0.15) is 6.61 Å². The van der Waals surface area contributed by atoms with Crippen LogP contribution in [0.15, 0.2) is 42.5 Å². The van der Waals surface area contributed by atoms with E-state index in [2.05, 4.69) is 37.3 Å². The van der Waals surface area contributed by atoms with Crippen molar-refractivity contribution in [2.24, 2.45) is 0 Å². The number of carbonyl (C=O) groups is 1. The molecule has 0 radical (unpaired) electrons. The quantitative estimate of drug-likeness (QED) is 0.113. The molecular formula is C32H29FN6O4S2. The molecule has 10 nitrogen and oxygen atoms in total. The van der Waals surface area contributed by atoms with Crippen molar-refractivity contribution in [3.63, 3.8) is 0 Å². The van der Waals surface area contributed by atoms with Crippen molar-refractivity contribution in [2.45, 2.75) is 32.6 Å². The molecule has 0 amide bonds. The minimum Gasteiger partial charge on any atom is -0.491 e. The zero-order valence-electron chi connectivity index (χ0n) is 24.6. The number of fused-ring (bicyclic) bond motifs is 2. The van der Waals surface area contributed by atoms with Crippen LogP contribution in [0.3, 0.4) is 0 Å². The summed E-state index contributed by atoms with van der Waals surface area (Å²) in [5, 5.41) is 22.7. The van der Waals surface area contributed by atoms with Crippen LogP contribution in [0, 0.1) is 24.6 Å². The van der Waals surface area contributed by atoms with E-state index in [1.54, 1.807) is 17.4 Å². The second-order valence-electron chi connectivity index (χ2n) is 10.2. The molecule has 230 valence electrons. The Labute approximate surface area is 266 Å². The monoisotopic (exact) mass is 644 g/mol. The van der Waals surface area contributed by atoms with E-state index in [1.807, 2.05) is 36.1 Å². The molecule has 4 heterocycles. The Morgan fingerprint density at radius 2 is 2.04 bits per heavy atom. The third kappa shape index (κ3) is 6.58. The fourth-order valence-electron chi connectivity index (χ4n) is 5.04. The van der Waals surface area contributed by atoms with Gasteiger partial charge in [-0.2, -0.15) is 0 Å². The molecule has 0 saturated carbocycles. The first kappa shape index (κ1) is 30.4. The lowest BCUT2D eigenvalue weighted by Crippen LogP contribution is -2.27. The predicted molar refractivity (Wildman–Crippen MR) is 173 cm³/mol. The highest BCUT2D eigenvalue weighted by molar-refractivity contribution is 7.22. The number of methoxy groups -OCH3 is 1. The highest BCUT2D eigenvalue weighted by atomic mass is 32.1. The van der Waals surface area contributed by atoms with Gasteiger partial charge in [-0.25, -0.2) is 19.2 Å². The molecule has 3 aromatic heterocycles. The number of esters is 1. The van der Waals surface area contributed by atoms with Gasteiger partial charge in [-0.1, -0.05) is 35.3 Å². The number of anilines is 4. The van der Waals surface area contributed by atoms with Gasteiger partial charge in [-0.05, 0) is 62.9 Å². The minimum absolute atomic E-state index is 0.110. The van der Waals surface area contributed by atoms with E-state index in [0.717, 1.165) is 50.0 Å². The average Bonchev–Trinajstić information content (AvgIpc) is 3.67. The number of aliphatic hydroxyl groups is 1. The summed E-state index contributed by atoms with van der Waals surface area (Å²) in [6.45, 7) is 2.64. The topological polar surface area (TPSA) is 123 Å². The molecule has 0 unspecified atom stereocenters. The SMILES string of the molecule is COC(=O)c1nc(N2CCCc3c2nnc(Nc2nc4ccccc4s2)c3C)sc1CCCOc1ccc(C#CCO)cc1F. The first-order chi connectivity index (χ1) is 21.9. The Morgan fingerprint density at radius 3 is 2.84 bits per heavy atom. The molecule has 5 aromatic rings. The number of thiazole rings is 2. The Balaban J connectivity index is 1.18. The average molecular weight is 645 g/mol. The van der Waals surface area contributed by atoms with Crippen molar-refractivity contribution in [3.8, 4) is 17.6 Å². The van der Waals surface area contributed by atoms with Crippen LogP contribution in [0.1, 0.15) is 44.9 Å². The second-order valence-corrected chi connectivity index (χ2v) is 12.3. The first-order valence-corrected chi connectivity index (χ1v) is 15.9. The summed E-state index contributed by atoms with van der Waals surface area (Å²) in [4.78, 5) is 24.8. The maximum absolute atomic E-state index is 14.4. The van der Waals surface area contributed by atoms with Crippen molar-refractivity contribution in [1.82, 2.24) is 20.2 Å². The lowest BCUT2D eigenvalue weighted by atomic mass is 10.0. The van der Waals surface area contributed by atoms with E-state index < -0.39 is 11.8 Å². The summed E-state index contributed by atoms with van der Waals surface area (Å²) >= 11 is 2.97. The van der Waals surface area contributed by atoms with Crippen molar-refractivity contribution >= 4 is 60.8 Å². The maximum atomic E-state index is 14.4. The van der Waals surface area contributed by atoms with Crippen LogP contribution in [-0.2, 0) is 17.6 Å². The molecule has 0 aliphatic carbocycles. The molecule has 0 atom stereocenters. The molecule has 45 heavy (non-hydrogen) atoms. The summed E-state index contributed by atoms with van der Waals surface area (Å²) in [6, 6.07) is 12.4. The number of hydrogen-bond acceptors (Lipinski definition) is 12. The van der Waals surface area contributed by atoms with E-state index in [9.17, 15) is 9.18 Å². The van der Waals surface area contributed by atoms with Gasteiger partial charge >= 0.3 is 5.97 Å². The van der Waals surface area contributed by atoms with Crippen LogP contribution in [0.5, 0.6) is 5.75 Å². The highest BCUT2D eigenvalue weighted by Crippen LogP contribution is 2.39. The molecule has 0 fully saturated rings. The molecule has 2 N–H and O–H groups in total. The van der Waals surface area contributed by atoms with Gasteiger partial charge in [0.25, 0.3) is 0 Å². The highest BCUT2D eigenvalue weighted by Gasteiger charge is 2.28. The molecular weight excluding hydrogens is 616 g/mol. The number of ether oxygens (including phenoxy) is 2. The van der Waals surface area contributed by atoms with Gasteiger partial charge in [-0.3, -0.25) is 0 Å². The van der Waals surface area contributed by atoms with Gasteiger partial charge in [0.05, 0.1) is 23.9 Å². The van der Waals surface area contributed by atoms with Crippen molar-refractivity contribution in [1.29, 1.82) is 0 Å². The van der Waals surface area contributed by atoms with Crippen LogP contribution in [0.4, 0.5) is 26.3 Å². The van der Waals surface area contributed by atoms with Crippen LogP contribution in [0.25, 0.3) is 10.2 Å². The largest absolute Gasteiger partial charge is 0.491 e. The lowest BCUT2D eigenvalue weighted by Gasteiger charge is -2.28. The molecule has 0 spiro atoms. The van der Waals surface area contributed by atoms with E-state index in [-0.39, 0.29) is 24.7 Å². The first-order valence-electron chi connectivity index (χ1n) is 14.3. The summed E-state index contributed by atoms with van der Waals surface area (Å²) < 4.78 is 26.2. The van der Waals surface area contributed by atoms with Gasteiger partial charge in [0.15, 0.2) is 39.2 Å². The van der Waals surface area contributed by atoms with E-state index in [0.29, 0.717) is 35.9 Å². The summed E-state index contributed by atoms with van der Waals surface area (Å²) in [7, 11) is 1.33. The number of nitrogens with zero attached hydrogens (tertiary/aromatic N) is 5. The van der Waals surface area contributed by atoms with E-state index in [4.69, 9.17) is 14.6 Å². The number of benzene rings is 2. The van der Waals surface area contributed by atoms with Crippen LogP contribution >= 0.6 is 22.7 Å². The third-order valence-corrected chi connectivity index (χ3v) is 9.34. The fraction of sp³-hybridized carbons (Fsp3) is 0.281. The van der Waals surface area contributed by atoms with Crippen LogP contribution in [0.2, 0.25) is 0 Å². The van der Waals surface area contributed by atoms with Crippen LogP contribution in [-0.4, -0.2) is 58.1 Å². The number of carbonyl (C=O) groups excluding carboxylic acids is 1. The summed E-state index contributed by atoms with van der Waals surface area (Å²) in [6.07, 6.45) is 2.73. The van der Waals surface area contributed by atoms with Crippen molar-refractivity contribution in [3.05, 3.63) is 75.5 Å². The molecule has 13 heteroatoms. The Hall–Kier alpha value is -4.64. The second kappa shape index (κ2) is 13.6. The number of halogens is 1. The number of hydrogen-bond donors (Lipinski definition) is 2. The molecule has 1 aliphatic heterocycles. The molecule has 1 aliphatic rings. The van der Waals surface area contributed by atoms with Crippen molar-refractivity contribution < 1.29 is 23.8 Å². The Morgan fingerprint density at radius 1 is 1.18 bits per heavy atom. The normalized spacial score (nSPS) is 12.4. The standard InChI is InChI=1S/C32H29FN6O4S2/c1-19-21-9-5-15-39(29(21)38-37-28(19)36-31-34-23-10-3-4-11-25(23)44-31)32-35-27(30(41)42-2)26(45-32)12-7-17-43-24-14-13-20(8-6-16-40)18-22(24)33/h3-4,10-11,13-14,18,40H,5,7,9,12,15-17H2,1-2H3,(H,34,36,37). The van der Waals surface area contributed by atoms with E-state index in [1.165, 1.54) is 30.6 Å².